The maximum Gasteiger partial charge on any atom is 0.206 e. The number of carbonyl (C=O) groups excluding carboxylic acids is 1. The van der Waals surface area contributed by atoms with Crippen molar-refractivity contribution in [3.8, 4) is 0 Å². The molecule has 92 valence electrons. The average molecular weight is 281 g/mol. The Morgan fingerprint density at radius 2 is 1.61 bits per heavy atom. The summed E-state index contributed by atoms with van der Waals surface area (Å²) in [6, 6.07) is 11.8. The van der Waals surface area contributed by atoms with E-state index in [-0.39, 0.29) is 9.79 Å². The molecule has 0 fully saturated rings. The van der Waals surface area contributed by atoms with Gasteiger partial charge in [0.15, 0.2) is 0 Å². The van der Waals surface area contributed by atoms with Gasteiger partial charge in [0.1, 0.15) is 6.29 Å². The summed E-state index contributed by atoms with van der Waals surface area (Å²) in [5, 5.41) is 0.362. The van der Waals surface area contributed by atoms with Crippen LogP contribution in [-0.4, -0.2) is 14.7 Å². The van der Waals surface area contributed by atoms with Crippen LogP contribution in [0.3, 0.4) is 0 Å². The third-order valence-electron chi connectivity index (χ3n) is 2.43. The van der Waals surface area contributed by atoms with Gasteiger partial charge in [-0.05, 0) is 30.3 Å². The first-order chi connectivity index (χ1) is 8.54. The van der Waals surface area contributed by atoms with Gasteiger partial charge in [-0.25, -0.2) is 8.42 Å². The fraction of sp³-hybridized carbons (Fsp3) is 0. The first kappa shape index (κ1) is 12.8. The van der Waals surface area contributed by atoms with Crippen molar-refractivity contribution in [1.82, 2.24) is 0 Å². The summed E-state index contributed by atoms with van der Waals surface area (Å²) >= 11 is 5.78. The molecule has 0 aliphatic rings. The van der Waals surface area contributed by atoms with Crippen LogP contribution in [-0.2, 0) is 9.84 Å². The van der Waals surface area contributed by atoms with Crippen LogP contribution in [0.1, 0.15) is 10.4 Å². The summed E-state index contributed by atoms with van der Waals surface area (Å²) < 4.78 is 24.5. The lowest BCUT2D eigenvalue weighted by molar-refractivity contribution is 0.112. The molecule has 0 bridgehead atoms. The lowest BCUT2D eigenvalue weighted by atomic mass is 10.2. The molecule has 0 atom stereocenters. The van der Waals surface area contributed by atoms with Gasteiger partial charge < -0.3 is 0 Å². The molecule has 2 aromatic carbocycles. The van der Waals surface area contributed by atoms with Gasteiger partial charge in [-0.15, -0.1) is 0 Å². The highest BCUT2D eigenvalue weighted by atomic mass is 35.5. The van der Waals surface area contributed by atoms with Crippen molar-refractivity contribution in [3.63, 3.8) is 0 Å². The lowest BCUT2D eigenvalue weighted by Crippen LogP contribution is -2.01. The Balaban J connectivity index is 2.50. The van der Waals surface area contributed by atoms with Crippen molar-refractivity contribution >= 4 is 27.7 Å². The molecule has 0 heterocycles. The van der Waals surface area contributed by atoms with Crippen LogP contribution in [0.4, 0.5) is 0 Å². The number of halogens is 1. The molecule has 0 aromatic heterocycles. The topological polar surface area (TPSA) is 51.2 Å². The van der Waals surface area contributed by atoms with Crippen molar-refractivity contribution < 1.29 is 13.2 Å². The van der Waals surface area contributed by atoms with Crippen molar-refractivity contribution in [2.45, 2.75) is 9.79 Å². The van der Waals surface area contributed by atoms with E-state index in [1.165, 1.54) is 36.4 Å². The first-order valence-electron chi connectivity index (χ1n) is 5.10. The minimum atomic E-state index is -3.59. The molecule has 0 spiro atoms. The molecule has 0 saturated heterocycles. The van der Waals surface area contributed by atoms with E-state index in [4.69, 9.17) is 11.6 Å². The van der Waals surface area contributed by atoms with Crippen LogP contribution < -0.4 is 0 Å². The molecule has 0 aliphatic carbocycles. The molecule has 0 unspecified atom stereocenters. The number of carbonyl (C=O) groups is 1. The second-order valence-electron chi connectivity index (χ2n) is 3.65. The van der Waals surface area contributed by atoms with Crippen LogP contribution in [0.25, 0.3) is 0 Å². The molecule has 0 radical (unpaired) electrons. The zero-order valence-corrected chi connectivity index (χ0v) is 10.8. The maximum absolute atomic E-state index is 12.2. The molecule has 18 heavy (non-hydrogen) atoms. The van der Waals surface area contributed by atoms with E-state index in [2.05, 4.69) is 0 Å². The van der Waals surface area contributed by atoms with Crippen molar-refractivity contribution in [2.24, 2.45) is 0 Å². The van der Waals surface area contributed by atoms with E-state index in [1.54, 1.807) is 12.1 Å². The van der Waals surface area contributed by atoms with Gasteiger partial charge in [-0.3, -0.25) is 4.79 Å². The fourth-order valence-corrected chi connectivity index (χ4v) is 3.06. The molecular weight excluding hydrogens is 272 g/mol. The van der Waals surface area contributed by atoms with Gasteiger partial charge in [-0.1, -0.05) is 29.8 Å². The van der Waals surface area contributed by atoms with Gasteiger partial charge in [0.25, 0.3) is 0 Å². The number of rotatable bonds is 3. The zero-order valence-electron chi connectivity index (χ0n) is 9.21. The zero-order chi connectivity index (χ0) is 13.2. The summed E-state index contributed by atoms with van der Waals surface area (Å²) in [6.07, 6.45) is 0.662. The Bertz CT molecular complexity index is 676. The Hall–Kier alpha value is -1.65. The molecule has 5 heteroatoms. The maximum atomic E-state index is 12.2. The van der Waals surface area contributed by atoms with E-state index >= 15 is 0 Å². The van der Waals surface area contributed by atoms with Crippen LogP contribution in [0.15, 0.2) is 58.3 Å². The van der Waals surface area contributed by atoms with Gasteiger partial charge in [0, 0.05) is 10.6 Å². The van der Waals surface area contributed by atoms with Crippen molar-refractivity contribution in [1.29, 1.82) is 0 Å². The van der Waals surface area contributed by atoms with Crippen LogP contribution in [0.2, 0.25) is 5.02 Å². The second kappa shape index (κ2) is 4.92. The number of benzene rings is 2. The summed E-state index contributed by atoms with van der Waals surface area (Å²) in [6.45, 7) is 0. The Labute approximate surface area is 110 Å². The normalized spacial score (nSPS) is 11.2. The summed E-state index contributed by atoms with van der Waals surface area (Å²) in [5.74, 6) is 0. The highest BCUT2D eigenvalue weighted by Crippen LogP contribution is 2.23. The van der Waals surface area contributed by atoms with E-state index in [9.17, 15) is 13.2 Å². The summed E-state index contributed by atoms with van der Waals surface area (Å²) in [7, 11) is -3.59. The average Bonchev–Trinajstić information content (AvgIpc) is 2.39. The van der Waals surface area contributed by atoms with Crippen LogP contribution in [0.5, 0.6) is 0 Å². The SMILES string of the molecule is O=Cc1ccc(S(=O)(=O)c2cccc(Cl)c2)cc1. The summed E-state index contributed by atoms with van der Waals surface area (Å²) in [4.78, 5) is 10.8. The Kier molecular flexibility index (Phi) is 3.50. The Morgan fingerprint density at radius 1 is 0.944 bits per heavy atom. The third kappa shape index (κ3) is 2.44. The van der Waals surface area contributed by atoms with Gasteiger partial charge in [-0.2, -0.15) is 0 Å². The second-order valence-corrected chi connectivity index (χ2v) is 6.03. The lowest BCUT2D eigenvalue weighted by Gasteiger charge is -2.05. The van der Waals surface area contributed by atoms with Crippen LogP contribution in [0, 0.1) is 0 Å². The minimum absolute atomic E-state index is 0.133. The predicted octanol–water partition coefficient (Wildman–Crippen LogP) is 2.99. The van der Waals surface area contributed by atoms with Gasteiger partial charge in [0.2, 0.25) is 9.84 Å². The van der Waals surface area contributed by atoms with Gasteiger partial charge in [0.05, 0.1) is 9.79 Å². The standard InChI is InChI=1S/C13H9ClO3S/c14-11-2-1-3-13(8-11)18(16,17)12-6-4-10(9-15)5-7-12/h1-9H. The molecule has 0 aliphatic heterocycles. The minimum Gasteiger partial charge on any atom is -0.298 e. The smallest absolute Gasteiger partial charge is 0.206 e. The Morgan fingerprint density at radius 3 is 2.17 bits per heavy atom. The molecular formula is C13H9ClO3S. The molecule has 0 amide bonds. The monoisotopic (exact) mass is 280 g/mol. The largest absolute Gasteiger partial charge is 0.298 e. The predicted molar refractivity (Wildman–Crippen MR) is 68.7 cm³/mol. The fourth-order valence-electron chi connectivity index (χ4n) is 1.50. The number of hydrogen-bond donors (Lipinski definition) is 0. The van der Waals surface area contributed by atoms with E-state index in [0.717, 1.165) is 0 Å². The van der Waals surface area contributed by atoms with Crippen LogP contribution >= 0.6 is 11.6 Å². The van der Waals surface area contributed by atoms with E-state index < -0.39 is 9.84 Å². The highest BCUT2D eigenvalue weighted by Gasteiger charge is 2.17. The number of sulfone groups is 1. The summed E-state index contributed by atoms with van der Waals surface area (Å²) in [5.41, 5.74) is 0.431. The molecule has 3 nitrogen and oxygen atoms in total. The quantitative estimate of drug-likeness (QED) is 0.812. The number of aldehydes is 1. The molecule has 2 aromatic rings. The van der Waals surface area contributed by atoms with Crippen molar-refractivity contribution in [3.05, 3.63) is 59.1 Å². The van der Waals surface area contributed by atoms with Gasteiger partial charge >= 0.3 is 0 Å². The molecule has 0 saturated carbocycles. The number of hydrogen-bond acceptors (Lipinski definition) is 3. The highest BCUT2D eigenvalue weighted by molar-refractivity contribution is 7.91. The molecule has 2 rings (SSSR count). The third-order valence-corrected chi connectivity index (χ3v) is 4.44. The molecule has 0 N–H and O–H groups in total. The first-order valence-corrected chi connectivity index (χ1v) is 6.96. The van der Waals surface area contributed by atoms with E-state index in [0.29, 0.717) is 16.9 Å². The van der Waals surface area contributed by atoms with Crippen molar-refractivity contribution in [2.75, 3.05) is 0 Å². The van der Waals surface area contributed by atoms with E-state index in [1.807, 2.05) is 0 Å².